The number of carbonyl (C=O) groups excluding carboxylic acids is 2. The summed E-state index contributed by atoms with van der Waals surface area (Å²) in [6.07, 6.45) is 3.02. The van der Waals surface area contributed by atoms with Gasteiger partial charge in [0.1, 0.15) is 0 Å². The molecule has 0 radical (unpaired) electrons. The van der Waals surface area contributed by atoms with Gasteiger partial charge in [-0.05, 0) is 61.2 Å². The van der Waals surface area contributed by atoms with E-state index in [4.69, 9.17) is 4.74 Å². The molecule has 2 N–H and O–H groups in total. The number of hydrogen-bond donors (Lipinski definition) is 2. The van der Waals surface area contributed by atoms with E-state index in [0.29, 0.717) is 23.6 Å². The lowest BCUT2D eigenvalue weighted by Gasteiger charge is -2.14. The monoisotopic (exact) mass is 409 g/mol. The maximum Gasteiger partial charge on any atom is 0.337 e. The molecule has 7 heteroatoms. The SMILES string of the molecule is CCc1ccc(NC(=NCC2CCCO2)NC(=O)c2ccc(C(=O)OC)cc2)cc1. The van der Waals surface area contributed by atoms with Gasteiger partial charge in [0, 0.05) is 17.9 Å². The van der Waals surface area contributed by atoms with E-state index in [1.54, 1.807) is 24.3 Å². The van der Waals surface area contributed by atoms with Gasteiger partial charge in [0.05, 0.1) is 25.3 Å². The van der Waals surface area contributed by atoms with Gasteiger partial charge in [0.2, 0.25) is 5.96 Å². The quantitative estimate of drug-likeness (QED) is 0.434. The maximum absolute atomic E-state index is 12.7. The van der Waals surface area contributed by atoms with Gasteiger partial charge in [-0.25, -0.2) is 9.79 Å². The molecule has 1 amide bonds. The van der Waals surface area contributed by atoms with E-state index in [2.05, 4.69) is 27.3 Å². The molecular weight excluding hydrogens is 382 g/mol. The van der Waals surface area contributed by atoms with E-state index >= 15 is 0 Å². The lowest BCUT2D eigenvalue weighted by Crippen LogP contribution is -2.36. The maximum atomic E-state index is 12.7. The van der Waals surface area contributed by atoms with Gasteiger partial charge in [0.25, 0.3) is 5.91 Å². The van der Waals surface area contributed by atoms with Gasteiger partial charge in [0.15, 0.2) is 0 Å². The molecule has 158 valence electrons. The second kappa shape index (κ2) is 10.5. The van der Waals surface area contributed by atoms with Crippen molar-refractivity contribution < 1.29 is 19.1 Å². The van der Waals surface area contributed by atoms with Crippen LogP contribution in [0.4, 0.5) is 5.69 Å². The average molecular weight is 409 g/mol. The van der Waals surface area contributed by atoms with Crippen LogP contribution in [-0.2, 0) is 15.9 Å². The van der Waals surface area contributed by atoms with Crippen LogP contribution >= 0.6 is 0 Å². The summed E-state index contributed by atoms with van der Waals surface area (Å²) in [5, 5.41) is 6.01. The van der Waals surface area contributed by atoms with E-state index in [0.717, 1.165) is 31.6 Å². The van der Waals surface area contributed by atoms with Crippen molar-refractivity contribution >= 4 is 23.5 Å². The van der Waals surface area contributed by atoms with Crippen LogP contribution in [0.3, 0.4) is 0 Å². The lowest BCUT2D eigenvalue weighted by atomic mass is 10.1. The Balaban J connectivity index is 1.72. The molecule has 1 aliphatic rings. The molecule has 1 atom stereocenters. The minimum atomic E-state index is -0.446. The summed E-state index contributed by atoms with van der Waals surface area (Å²) in [5.41, 5.74) is 2.86. The lowest BCUT2D eigenvalue weighted by molar-refractivity contribution is 0.0600. The number of aryl methyl sites for hydroxylation is 1. The van der Waals surface area contributed by atoms with Crippen LogP contribution in [-0.4, -0.2) is 44.2 Å². The fourth-order valence-electron chi connectivity index (χ4n) is 3.11. The van der Waals surface area contributed by atoms with Crippen LogP contribution < -0.4 is 10.6 Å². The van der Waals surface area contributed by atoms with Gasteiger partial charge in [-0.1, -0.05) is 19.1 Å². The van der Waals surface area contributed by atoms with Crippen molar-refractivity contribution in [2.45, 2.75) is 32.3 Å². The Morgan fingerprint density at radius 2 is 1.80 bits per heavy atom. The fourth-order valence-corrected chi connectivity index (χ4v) is 3.11. The van der Waals surface area contributed by atoms with Gasteiger partial charge in [-0.3, -0.25) is 10.1 Å². The Morgan fingerprint density at radius 1 is 1.10 bits per heavy atom. The highest BCUT2D eigenvalue weighted by atomic mass is 16.5. The van der Waals surface area contributed by atoms with Gasteiger partial charge < -0.3 is 14.8 Å². The zero-order valence-electron chi connectivity index (χ0n) is 17.3. The Bertz CT molecular complexity index is 886. The molecule has 1 aliphatic heterocycles. The Kier molecular flexibility index (Phi) is 7.57. The molecule has 30 heavy (non-hydrogen) atoms. The van der Waals surface area contributed by atoms with Crippen molar-refractivity contribution in [3.63, 3.8) is 0 Å². The summed E-state index contributed by atoms with van der Waals surface area (Å²) < 4.78 is 10.3. The van der Waals surface area contributed by atoms with Crippen molar-refractivity contribution in [2.75, 3.05) is 25.6 Å². The molecule has 2 aromatic rings. The smallest absolute Gasteiger partial charge is 0.337 e. The Hall–Kier alpha value is -3.19. The highest BCUT2D eigenvalue weighted by Crippen LogP contribution is 2.13. The molecule has 3 rings (SSSR count). The molecule has 1 fully saturated rings. The Labute approximate surface area is 176 Å². The molecule has 2 aromatic carbocycles. The number of nitrogens with one attached hydrogen (secondary N) is 2. The first kappa shape index (κ1) is 21.5. The molecule has 0 saturated carbocycles. The van der Waals surface area contributed by atoms with E-state index in [1.807, 2.05) is 24.3 Å². The van der Waals surface area contributed by atoms with Gasteiger partial charge in [-0.15, -0.1) is 0 Å². The second-order valence-corrected chi connectivity index (χ2v) is 7.02. The number of amides is 1. The summed E-state index contributed by atoms with van der Waals surface area (Å²) in [7, 11) is 1.32. The predicted octanol–water partition coefficient (Wildman–Crippen LogP) is 3.41. The minimum absolute atomic E-state index is 0.0699. The Morgan fingerprint density at radius 3 is 2.40 bits per heavy atom. The molecule has 0 aromatic heterocycles. The standard InChI is InChI=1S/C23H27N3O4/c1-3-16-6-12-19(13-7-16)25-23(24-15-20-5-4-14-30-20)26-21(27)17-8-10-18(11-9-17)22(28)29-2/h6-13,20H,3-5,14-15H2,1-2H3,(H2,24,25,26,27). The zero-order valence-corrected chi connectivity index (χ0v) is 17.3. The first-order valence-corrected chi connectivity index (χ1v) is 10.1. The van der Waals surface area contributed by atoms with Gasteiger partial charge in [-0.2, -0.15) is 0 Å². The van der Waals surface area contributed by atoms with E-state index in [9.17, 15) is 9.59 Å². The highest BCUT2D eigenvalue weighted by molar-refractivity contribution is 6.10. The van der Waals surface area contributed by atoms with Crippen molar-refractivity contribution in [3.8, 4) is 0 Å². The van der Waals surface area contributed by atoms with E-state index < -0.39 is 5.97 Å². The second-order valence-electron chi connectivity index (χ2n) is 7.02. The van der Waals surface area contributed by atoms with Crippen LogP contribution in [0.25, 0.3) is 0 Å². The van der Waals surface area contributed by atoms with Crippen molar-refractivity contribution in [3.05, 3.63) is 65.2 Å². The molecule has 1 saturated heterocycles. The molecule has 0 spiro atoms. The van der Waals surface area contributed by atoms with Crippen molar-refractivity contribution in [1.29, 1.82) is 0 Å². The minimum Gasteiger partial charge on any atom is -0.465 e. The third-order valence-corrected chi connectivity index (χ3v) is 4.90. The van der Waals surface area contributed by atoms with Crippen molar-refractivity contribution in [1.82, 2.24) is 5.32 Å². The number of ether oxygens (including phenoxy) is 2. The molecule has 0 bridgehead atoms. The third-order valence-electron chi connectivity index (χ3n) is 4.90. The highest BCUT2D eigenvalue weighted by Gasteiger charge is 2.16. The summed E-state index contributed by atoms with van der Waals surface area (Å²) in [6, 6.07) is 14.3. The number of methoxy groups -OCH3 is 1. The number of benzene rings is 2. The number of rotatable bonds is 6. The summed E-state index contributed by atoms with van der Waals surface area (Å²) >= 11 is 0. The number of nitrogens with zero attached hydrogens (tertiary/aromatic N) is 1. The fraction of sp³-hybridized carbons (Fsp3) is 0.348. The number of anilines is 1. The zero-order chi connectivity index (χ0) is 21.3. The van der Waals surface area contributed by atoms with Crippen LogP contribution in [0.2, 0.25) is 0 Å². The topological polar surface area (TPSA) is 89.0 Å². The van der Waals surface area contributed by atoms with E-state index in [-0.39, 0.29) is 12.0 Å². The first-order chi connectivity index (χ1) is 14.6. The predicted molar refractivity (Wildman–Crippen MR) is 116 cm³/mol. The van der Waals surface area contributed by atoms with Gasteiger partial charge >= 0.3 is 5.97 Å². The summed E-state index contributed by atoms with van der Waals surface area (Å²) in [4.78, 5) is 28.8. The summed E-state index contributed by atoms with van der Waals surface area (Å²) in [6.45, 7) is 3.32. The summed E-state index contributed by atoms with van der Waals surface area (Å²) in [5.74, 6) is -0.412. The molecule has 1 heterocycles. The van der Waals surface area contributed by atoms with Crippen LogP contribution in [0, 0.1) is 0 Å². The van der Waals surface area contributed by atoms with E-state index in [1.165, 1.54) is 12.7 Å². The molecule has 1 unspecified atom stereocenters. The molecular formula is C23H27N3O4. The van der Waals surface area contributed by atoms with Crippen LogP contribution in [0.15, 0.2) is 53.5 Å². The first-order valence-electron chi connectivity index (χ1n) is 10.1. The largest absolute Gasteiger partial charge is 0.465 e. The number of aliphatic imine (C=N–C) groups is 1. The average Bonchev–Trinajstić information content (AvgIpc) is 3.31. The molecule has 7 nitrogen and oxygen atoms in total. The molecule has 0 aliphatic carbocycles. The number of carbonyl (C=O) groups is 2. The normalized spacial score (nSPS) is 16.2. The van der Waals surface area contributed by atoms with Crippen LogP contribution in [0.5, 0.6) is 0 Å². The van der Waals surface area contributed by atoms with Crippen LogP contribution in [0.1, 0.15) is 46.0 Å². The number of hydrogen-bond acceptors (Lipinski definition) is 5. The van der Waals surface area contributed by atoms with Crippen molar-refractivity contribution in [2.24, 2.45) is 4.99 Å². The number of guanidine groups is 1. The number of esters is 1. The third kappa shape index (κ3) is 5.90.